The molecule has 1 aromatic heterocycles. The van der Waals surface area contributed by atoms with Crippen molar-refractivity contribution in [3.05, 3.63) is 48.3 Å². The molecule has 2 aromatic rings. The second-order valence-electron chi connectivity index (χ2n) is 6.97. The normalized spacial score (nSPS) is 14.5. The van der Waals surface area contributed by atoms with Crippen molar-refractivity contribution in [2.24, 2.45) is 0 Å². The van der Waals surface area contributed by atoms with Crippen LogP contribution < -0.4 is 5.32 Å². The van der Waals surface area contributed by atoms with E-state index in [-0.39, 0.29) is 5.91 Å². The van der Waals surface area contributed by atoms with Crippen molar-refractivity contribution >= 4 is 23.5 Å². The van der Waals surface area contributed by atoms with Crippen LogP contribution in [0.25, 0.3) is 0 Å². The topological polar surface area (TPSA) is 78.4 Å². The highest BCUT2D eigenvalue weighted by molar-refractivity contribution is 6.35. The molecule has 0 radical (unpaired) electrons. The monoisotopic (exact) mass is 381 g/mol. The van der Waals surface area contributed by atoms with Gasteiger partial charge in [0, 0.05) is 44.3 Å². The fourth-order valence-corrected chi connectivity index (χ4v) is 3.22. The molecule has 0 spiro atoms. The fourth-order valence-electron chi connectivity index (χ4n) is 3.22. The lowest BCUT2D eigenvalue weighted by molar-refractivity contribution is -0.156. The summed E-state index contributed by atoms with van der Waals surface area (Å²) in [5.41, 5.74) is 1.85. The molecule has 2 heterocycles. The zero-order valence-electron chi connectivity index (χ0n) is 16.3. The Balaban J connectivity index is 1.51. The molecule has 28 heavy (non-hydrogen) atoms. The van der Waals surface area contributed by atoms with Crippen molar-refractivity contribution in [2.45, 2.75) is 39.2 Å². The SMILES string of the molecule is CCCCCCN1CCN(Cc2ccc(Nc3ncccn3)cc2)C(=O)C1=O. The number of nitrogens with one attached hydrogen (secondary N) is 1. The van der Waals surface area contributed by atoms with E-state index in [1.807, 2.05) is 24.3 Å². The smallest absolute Gasteiger partial charge is 0.312 e. The Bertz CT molecular complexity index is 779. The summed E-state index contributed by atoms with van der Waals surface area (Å²) in [5.74, 6) is -0.241. The van der Waals surface area contributed by atoms with Crippen LogP contribution in [0.1, 0.15) is 38.2 Å². The molecular weight excluding hydrogens is 354 g/mol. The lowest BCUT2D eigenvalue weighted by Crippen LogP contribution is -2.54. The maximum Gasteiger partial charge on any atom is 0.312 e. The number of piperazine rings is 1. The Kier molecular flexibility index (Phi) is 6.94. The van der Waals surface area contributed by atoms with Crippen molar-refractivity contribution in [1.82, 2.24) is 19.8 Å². The van der Waals surface area contributed by atoms with Gasteiger partial charge >= 0.3 is 11.8 Å². The van der Waals surface area contributed by atoms with Crippen molar-refractivity contribution < 1.29 is 9.59 Å². The van der Waals surface area contributed by atoms with Crippen LogP contribution in [0.15, 0.2) is 42.7 Å². The van der Waals surface area contributed by atoms with E-state index in [0.29, 0.717) is 32.1 Å². The average molecular weight is 381 g/mol. The summed E-state index contributed by atoms with van der Waals surface area (Å²) in [7, 11) is 0. The van der Waals surface area contributed by atoms with Gasteiger partial charge in [0.05, 0.1) is 0 Å². The molecule has 1 aromatic carbocycles. The average Bonchev–Trinajstić information content (AvgIpc) is 2.72. The molecule has 1 aliphatic rings. The third-order valence-corrected chi connectivity index (χ3v) is 4.83. The van der Waals surface area contributed by atoms with Crippen LogP contribution in [0.4, 0.5) is 11.6 Å². The van der Waals surface area contributed by atoms with Crippen LogP contribution in [0, 0.1) is 0 Å². The van der Waals surface area contributed by atoms with Gasteiger partial charge in [0.25, 0.3) is 0 Å². The predicted molar refractivity (Wildman–Crippen MR) is 108 cm³/mol. The zero-order chi connectivity index (χ0) is 19.8. The highest BCUT2D eigenvalue weighted by atomic mass is 16.2. The number of hydrogen-bond acceptors (Lipinski definition) is 5. The van der Waals surface area contributed by atoms with Crippen LogP contribution >= 0.6 is 0 Å². The number of aromatic nitrogens is 2. The van der Waals surface area contributed by atoms with Gasteiger partial charge < -0.3 is 15.1 Å². The molecule has 0 aliphatic carbocycles. The number of amides is 2. The maximum absolute atomic E-state index is 12.4. The summed E-state index contributed by atoms with van der Waals surface area (Å²) in [5, 5.41) is 3.12. The second kappa shape index (κ2) is 9.82. The third kappa shape index (κ3) is 5.28. The first-order valence-electron chi connectivity index (χ1n) is 9.88. The van der Waals surface area contributed by atoms with E-state index in [0.717, 1.165) is 30.5 Å². The van der Waals surface area contributed by atoms with E-state index in [1.54, 1.807) is 28.3 Å². The largest absolute Gasteiger partial charge is 0.333 e. The predicted octanol–water partition coefficient (Wildman–Crippen LogP) is 2.97. The minimum absolute atomic E-state index is 0.373. The lowest BCUT2D eigenvalue weighted by atomic mass is 10.1. The maximum atomic E-state index is 12.4. The Morgan fingerprint density at radius 2 is 1.61 bits per heavy atom. The summed E-state index contributed by atoms with van der Waals surface area (Å²) in [6.45, 7) is 4.47. The van der Waals surface area contributed by atoms with Crippen LogP contribution in [-0.4, -0.2) is 51.2 Å². The molecule has 148 valence electrons. The van der Waals surface area contributed by atoms with E-state index in [1.165, 1.54) is 6.42 Å². The molecule has 0 atom stereocenters. The first-order chi connectivity index (χ1) is 13.7. The molecule has 0 bridgehead atoms. The van der Waals surface area contributed by atoms with Gasteiger partial charge in [-0.25, -0.2) is 9.97 Å². The molecule has 1 N–H and O–H groups in total. The summed E-state index contributed by atoms with van der Waals surface area (Å²) in [6, 6.07) is 9.49. The molecule has 7 nitrogen and oxygen atoms in total. The van der Waals surface area contributed by atoms with Gasteiger partial charge in [-0.2, -0.15) is 0 Å². The van der Waals surface area contributed by atoms with Crippen LogP contribution in [0.2, 0.25) is 0 Å². The third-order valence-electron chi connectivity index (χ3n) is 4.83. The van der Waals surface area contributed by atoms with Gasteiger partial charge in [-0.3, -0.25) is 9.59 Å². The Morgan fingerprint density at radius 3 is 2.32 bits per heavy atom. The minimum Gasteiger partial charge on any atom is -0.333 e. The van der Waals surface area contributed by atoms with Gasteiger partial charge in [0.1, 0.15) is 0 Å². The first-order valence-corrected chi connectivity index (χ1v) is 9.88. The van der Waals surface area contributed by atoms with Crippen LogP contribution in [0.5, 0.6) is 0 Å². The van der Waals surface area contributed by atoms with Gasteiger partial charge in [0.15, 0.2) is 0 Å². The van der Waals surface area contributed by atoms with Gasteiger partial charge in [-0.1, -0.05) is 38.3 Å². The Labute approximate surface area is 165 Å². The number of benzene rings is 1. The summed E-state index contributed by atoms with van der Waals surface area (Å²) in [4.78, 5) is 36.4. The molecule has 1 aliphatic heterocycles. The van der Waals surface area contributed by atoms with Crippen molar-refractivity contribution in [2.75, 3.05) is 25.0 Å². The van der Waals surface area contributed by atoms with E-state index in [4.69, 9.17) is 0 Å². The highest BCUT2D eigenvalue weighted by Gasteiger charge is 2.31. The Hall–Kier alpha value is -2.96. The van der Waals surface area contributed by atoms with E-state index in [9.17, 15) is 9.59 Å². The zero-order valence-corrected chi connectivity index (χ0v) is 16.3. The molecule has 3 rings (SSSR count). The highest BCUT2D eigenvalue weighted by Crippen LogP contribution is 2.16. The van der Waals surface area contributed by atoms with Crippen LogP contribution in [0.3, 0.4) is 0 Å². The van der Waals surface area contributed by atoms with Gasteiger partial charge in [-0.15, -0.1) is 0 Å². The molecule has 2 amide bonds. The van der Waals surface area contributed by atoms with Crippen molar-refractivity contribution in [3.63, 3.8) is 0 Å². The van der Waals surface area contributed by atoms with Crippen molar-refractivity contribution in [1.29, 1.82) is 0 Å². The standard InChI is InChI=1S/C21H27N5O2/c1-2-3-4-5-13-25-14-15-26(20(28)19(25)27)16-17-7-9-18(10-8-17)24-21-22-11-6-12-23-21/h6-12H,2-5,13-16H2,1H3,(H,22,23,24). The summed E-state index contributed by atoms with van der Waals surface area (Å²) < 4.78 is 0. The molecule has 0 saturated carbocycles. The van der Waals surface area contributed by atoms with Crippen LogP contribution in [-0.2, 0) is 16.1 Å². The van der Waals surface area contributed by atoms with E-state index in [2.05, 4.69) is 22.2 Å². The second-order valence-corrected chi connectivity index (χ2v) is 6.97. The number of carbonyl (C=O) groups is 2. The number of rotatable bonds is 9. The first kappa shape index (κ1) is 19.8. The summed E-state index contributed by atoms with van der Waals surface area (Å²) in [6.07, 6.45) is 7.75. The molecule has 1 fully saturated rings. The molecular formula is C21H27N5O2. The van der Waals surface area contributed by atoms with Crippen molar-refractivity contribution in [3.8, 4) is 0 Å². The number of carbonyl (C=O) groups excluding carboxylic acids is 2. The van der Waals surface area contributed by atoms with Gasteiger partial charge in [-0.05, 0) is 30.2 Å². The summed E-state index contributed by atoms with van der Waals surface area (Å²) >= 11 is 0. The number of nitrogens with zero attached hydrogens (tertiary/aromatic N) is 4. The van der Waals surface area contributed by atoms with E-state index < -0.39 is 5.91 Å². The fraction of sp³-hybridized carbons (Fsp3) is 0.429. The number of unbranched alkanes of at least 4 members (excludes halogenated alkanes) is 3. The number of anilines is 2. The minimum atomic E-state index is -0.401. The lowest BCUT2D eigenvalue weighted by Gasteiger charge is -2.33. The quantitative estimate of drug-likeness (QED) is 0.534. The van der Waals surface area contributed by atoms with Gasteiger partial charge in [0.2, 0.25) is 5.95 Å². The molecule has 1 saturated heterocycles. The molecule has 0 unspecified atom stereocenters. The molecule has 7 heteroatoms. The number of hydrogen-bond donors (Lipinski definition) is 1. The van der Waals surface area contributed by atoms with E-state index >= 15 is 0 Å². The Morgan fingerprint density at radius 1 is 0.929 bits per heavy atom.